The molecule has 34 heavy (non-hydrogen) atoms. The maximum Gasteiger partial charge on any atom is 0.243 e. The van der Waals surface area contributed by atoms with E-state index in [-0.39, 0.29) is 29.8 Å². The molecule has 2 aliphatic heterocycles. The van der Waals surface area contributed by atoms with Crippen molar-refractivity contribution in [2.75, 3.05) is 39.3 Å². The van der Waals surface area contributed by atoms with Crippen molar-refractivity contribution in [3.63, 3.8) is 0 Å². The molecule has 184 valence electrons. The van der Waals surface area contributed by atoms with E-state index in [1.165, 1.54) is 8.61 Å². The van der Waals surface area contributed by atoms with Crippen LogP contribution < -0.4 is 5.73 Å². The number of benzene rings is 2. The van der Waals surface area contributed by atoms with Crippen LogP contribution in [0.2, 0.25) is 0 Å². The first-order chi connectivity index (χ1) is 16.3. The van der Waals surface area contributed by atoms with E-state index in [0.717, 1.165) is 11.1 Å². The fourth-order valence-corrected chi connectivity index (χ4v) is 6.78. The van der Waals surface area contributed by atoms with E-state index in [2.05, 4.69) is 0 Å². The van der Waals surface area contributed by atoms with E-state index in [1.54, 1.807) is 29.2 Å². The number of carbonyl (C=O) groups excluding carboxylic acids is 1. The number of nitrogens with zero attached hydrogens (tertiary/aromatic N) is 3. The molecule has 0 radical (unpaired) electrons. The van der Waals surface area contributed by atoms with Crippen LogP contribution in [-0.4, -0.2) is 75.9 Å². The van der Waals surface area contributed by atoms with Crippen LogP contribution in [0.3, 0.4) is 0 Å². The molecule has 3 atom stereocenters. The number of nitrogens with two attached hydrogens (primary N) is 1. The van der Waals surface area contributed by atoms with E-state index < -0.39 is 27.2 Å². The Bertz CT molecular complexity index is 1140. The second-order valence-electron chi connectivity index (χ2n) is 8.70. The molecule has 0 aliphatic carbocycles. The van der Waals surface area contributed by atoms with Crippen molar-refractivity contribution >= 4 is 27.2 Å². The van der Waals surface area contributed by atoms with E-state index in [0.29, 0.717) is 39.1 Å². The average Bonchev–Trinajstić information content (AvgIpc) is 2.88. The summed E-state index contributed by atoms with van der Waals surface area (Å²) in [5, 5.41) is 0. The summed E-state index contributed by atoms with van der Waals surface area (Å²) in [6, 6.07) is 16.3. The van der Waals surface area contributed by atoms with Crippen LogP contribution in [0.15, 0.2) is 59.5 Å². The first kappa shape index (κ1) is 25.0. The van der Waals surface area contributed by atoms with Gasteiger partial charge in [0.25, 0.3) is 0 Å². The lowest BCUT2D eigenvalue weighted by Gasteiger charge is -2.40. The number of rotatable bonds is 6. The summed E-state index contributed by atoms with van der Waals surface area (Å²) in [6.45, 7) is 1.91. The van der Waals surface area contributed by atoms with Crippen LogP contribution in [0.5, 0.6) is 0 Å². The fourth-order valence-electron chi connectivity index (χ4n) is 4.71. The predicted octanol–water partition coefficient (Wildman–Crippen LogP) is 1.22. The number of sulfonamides is 1. The van der Waals surface area contributed by atoms with E-state index in [1.807, 2.05) is 30.3 Å². The van der Waals surface area contributed by atoms with Crippen LogP contribution in [0, 0.1) is 5.92 Å². The third kappa shape index (κ3) is 5.40. The summed E-state index contributed by atoms with van der Waals surface area (Å²) < 4.78 is 50.6. The van der Waals surface area contributed by atoms with Gasteiger partial charge in [-0.3, -0.25) is 9.35 Å². The molecule has 4 rings (SSSR count). The molecule has 0 aromatic heterocycles. The maximum absolute atomic E-state index is 13.6. The largest absolute Gasteiger partial charge is 0.340 e. The van der Waals surface area contributed by atoms with Crippen molar-refractivity contribution in [1.82, 2.24) is 13.5 Å². The minimum atomic E-state index is -3.83. The molecule has 0 spiro atoms. The fraction of sp³-hybridized carbons (Fsp3) is 0.435. The SMILES string of the molecule is NCc1cccc(S(=O)(=O)N2C[C@H](C(=O)N3CCN(S(=O)O)CC3)C[C@@H](c3ccccc3)C2)c1. The van der Waals surface area contributed by atoms with Crippen LogP contribution in [0.25, 0.3) is 0 Å². The van der Waals surface area contributed by atoms with Crippen molar-refractivity contribution in [1.29, 1.82) is 0 Å². The number of hydrogen-bond acceptors (Lipinski definition) is 5. The van der Waals surface area contributed by atoms with Crippen molar-refractivity contribution in [3.8, 4) is 0 Å². The zero-order valence-electron chi connectivity index (χ0n) is 18.8. The molecule has 2 saturated heterocycles. The Labute approximate surface area is 203 Å². The molecule has 2 aliphatic rings. The number of carbonyl (C=O) groups is 1. The Morgan fingerprint density at radius 2 is 1.74 bits per heavy atom. The van der Waals surface area contributed by atoms with Gasteiger partial charge in [0.05, 0.1) is 10.8 Å². The standard InChI is InChI=1S/C23H30N4O5S2/c24-15-18-5-4-8-22(13-18)34(31,32)27-16-20(19-6-2-1-3-7-19)14-21(17-27)23(28)25-9-11-26(12-10-25)33(29)30/h1-8,13,20-21H,9-12,14-17,24H2,(H,29,30)/t20-,21-/m1/s1. The predicted molar refractivity (Wildman–Crippen MR) is 129 cm³/mol. The normalized spacial score (nSPS) is 23.5. The highest BCUT2D eigenvalue weighted by Gasteiger charge is 2.40. The molecule has 9 nitrogen and oxygen atoms in total. The van der Waals surface area contributed by atoms with E-state index in [9.17, 15) is 22.0 Å². The van der Waals surface area contributed by atoms with Gasteiger partial charge in [-0.25, -0.2) is 12.6 Å². The third-order valence-electron chi connectivity index (χ3n) is 6.58. The summed E-state index contributed by atoms with van der Waals surface area (Å²) in [7, 11) is -3.83. The lowest BCUT2D eigenvalue weighted by Crippen LogP contribution is -2.54. The Morgan fingerprint density at radius 1 is 1.03 bits per heavy atom. The van der Waals surface area contributed by atoms with Gasteiger partial charge < -0.3 is 10.6 Å². The number of hydrogen-bond donors (Lipinski definition) is 2. The van der Waals surface area contributed by atoms with Crippen molar-refractivity contribution < 1.29 is 22.0 Å². The molecule has 2 aromatic carbocycles. The highest BCUT2D eigenvalue weighted by atomic mass is 32.2. The highest BCUT2D eigenvalue weighted by Crippen LogP contribution is 2.34. The van der Waals surface area contributed by atoms with Crippen LogP contribution in [0.4, 0.5) is 0 Å². The van der Waals surface area contributed by atoms with Crippen molar-refractivity contribution in [3.05, 3.63) is 65.7 Å². The zero-order valence-corrected chi connectivity index (χ0v) is 20.5. The molecular formula is C23H30N4O5S2. The molecule has 0 bridgehead atoms. The Morgan fingerprint density at radius 3 is 2.38 bits per heavy atom. The quantitative estimate of drug-likeness (QED) is 0.568. The first-order valence-corrected chi connectivity index (χ1v) is 13.8. The molecule has 11 heteroatoms. The highest BCUT2D eigenvalue weighted by molar-refractivity contribution is 7.89. The van der Waals surface area contributed by atoms with Gasteiger partial charge in [-0.15, -0.1) is 0 Å². The topological polar surface area (TPSA) is 124 Å². The molecule has 3 N–H and O–H groups in total. The van der Waals surface area contributed by atoms with Gasteiger partial charge in [0.1, 0.15) is 0 Å². The molecular weight excluding hydrogens is 476 g/mol. The summed E-state index contributed by atoms with van der Waals surface area (Å²) in [4.78, 5) is 15.3. The van der Waals surface area contributed by atoms with Gasteiger partial charge in [-0.05, 0) is 35.6 Å². The van der Waals surface area contributed by atoms with Gasteiger partial charge in [-0.1, -0.05) is 42.5 Å². The zero-order chi connectivity index (χ0) is 24.3. The lowest BCUT2D eigenvalue weighted by molar-refractivity contribution is -0.138. The minimum absolute atomic E-state index is 0.101. The molecule has 0 saturated carbocycles. The number of piperazine rings is 1. The molecule has 2 fully saturated rings. The Kier molecular flexibility index (Phi) is 7.80. The second-order valence-corrected chi connectivity index (χ2v) is 11.6. The van der Waals surface area contributed by atoms with Crippen LogP contribution in [0.1, 0.15) is 23.5 Å². The maximum atomic E-state index is 13.6. The van der Waals surface area contributed by atoms with Gasteiger partial charge in [0.15, 0.2) is 0 Å². The summed E-state index contributed by atoms with van der Waals surface area (Å²) >= 11 is -2.06. The molecule has 1 amide bonds. The van der Waals surface area contributed by atoms with Crippen molar-refractivity contribution in [2.45, 2.75) is 23.8 Å². The number of piperidine rings is 1. The Balaban J connectivity index is 1.60. The summed E-state index contributed by atoms with van der Waals surface area (Å²) in [5.41, 5.74) is 7.44. The summed E-state index contributed by atoms with van der Waals surface area (Å²) in [5.74, 6) is -0.736. The third-order valence-corrected chi connectivity index (χ3v) is 9.21. The van der Waals surface area contributed by atoms with E-state index in [4.69, 9.17) is 5.73 Å². The average molecular weight is 507 g/mol. The smallest absolute Gasteiger partial charge is 0.243 e. The molecule has 2 heterocycles. The van der Waals surface area contributed by atoms with Gasteiger partial charge >= 0.3 is 0 Å². The van der Waals surface area contributed by atoms with Gasteiger partial charge in [0, 0.05) is 45.8 Å². The summed E-state index contributed by atoms with van der Waals surface area (Å²) in [6.07, 6.45) is 0.545. The van der Waals surface area contributed by atoms with Crippen LogP contribution in [-0.2, 0) is 32.6 Å². The second kappa shape index (κ2) is 10.6. The number of amides is 1. The first-order valence-electron chi connectivity index (χ1n) is 11.3. The molecule has 1 unspecified atom stereocenters. The Hall–Kier alpha value is -2.15. The van der Waals surface area contributed by atoms with Crippen molar-refractivity contribution in [2.24, 2.45) is 11.7 Å². The van der Waals surface area contributed by atoms with Gasteiger partial charge in [-0.2, -0.15) is 8.61 Å². The van der Waals surface area contributed by atoms with Crippen LogP contribution >= 0.6 is 0 Å². The lowest BCUT2D eigenvalue weighted by atomic mass is 9.85. The van der Waals surface area contributed by atoms with E-state index >= 15 is 0 Å². The minimum Gasteiger partial charge on any atom is -0.340 e. The monoisotopic (exact) mass is 506 g/mol. The molecule has 2 aromatic rings. The van der Waals surface area contributed by atoms with Gasteiger partial charge in [0.2, 0.25) is 27.2 Å².